The van der Waals surface area contributed by atoms with E-state index in [2.05, 4.69) is 10.1 Å². The zero-order chi connectivity index (χ0) is 22.4. The molecule has 1 atom stereocenters. The summed E-state index contributed by atoms with van der Waals surface area (Å²) in [6.07, 6.45) is 5.27. The first-order valence-corrected chi connectivity index (χ1v) is 10.6. The third-order valence-corrected chi connectivity index (χ3v) is 5.15. The highest BCUT2D eigenvalue weighted by Gasteiger charge is 2.34. The van der Waals surface area contributed by atoms with Gasteiger partial charge in [0.05, 0.1) is 18.5 Å². The van der Waals surface area contributed by atoms with E-state index >= 15 is 0 Å². The molecule has 31 heavy (non-hydrogen) atoms. The third kappa shape index (κ3) is 5.10. The summed E-state index contributed by atoms with van der Waals surface area (Å²) in [6, 6.07) is 4.80. The molecule has 3 rings (SSSR count). The van der Waals surface area contributed by atoms with Crippen LogP contribution in [0.4, 0.5) is 0 Å². The molecule has 2 aromatic heterocycles. The molecule has 1 amide bonds. The summed E-state index contributed by atoms with van der Waals surface area (Å²) in [6.45, 7) is 5.86. The van der Waals surface area contributed by atoms with Gasteiger partial charge < -0.3 is 14.4 Å². The number of hydrogen-bond donors (Lipinski definition) is 0. The number of carbonyl (C=O) groups excluding carboxylic acids is 3. The van der Waals surface area contributed by atoms with Crippen LogP contribution in [-0.2, 0) is 19.1 Å². The maximum Gasteiger partial charge on any atom is 0.342 e. The second kappa shape index (κ2) is 10.2. The molecule has 0 aromatic carbocycles. The Morgan fingerprint density at radius 1 is 1.19 bits per heavy atom. The van der Waals surface area contributed by atoms with Crippen molar-refractivity contribution < 1.29 is 23.9 Å². The largest absolute Gasteiger partial charge is 0.464 e. The van der Waals surface area contributed by atoms with Gasteiger partial charge in [-0.15, -0.1) is 0 Å². The fourth-order valence-electron chi connectivity index (χ4n) is 3.73. The Morgan fingerprint density at radius 2 is 2.00 bits per heavy atom. The summed E-state index contributed by atoms with van der Waals surface area (Å²) in [4.78, 5) is 43.4. The van der Waals surface area contributed by atoms with E-state index in [1.54, 1.807) is 29.9 Å². The zero-order valence-electron chi connectivity index (χ0n) is 18.1. The first-order valence-electron chi connectivity index (χ1n) is 10.6. The maximum atomic E-state index is 12.8. The van der Waals surface area contributed by atoms with Crippen LogP contribution in [0.2, 0.25) is 0 Å². The van der Waals surface area contributed by atoms with E-state index in [0.717, 1.165) is 12.8 Å². The van der Waals surface area contributed by atoms with Gasteiger partial charge in [-0.2, -0.15) is 5.10 Å². The van der Waals surface area contributed by atoms with Gasteiger partial charge in [-0.05, 0) is 44.2 Å². The summed E-state index contributed by atoms with van der Waals surface area (Å²) in [7, 11) is 0. The zero-order valence-corrected chi connectivity index (χ0v) is 18.1. The van der Waals surface area contributed by atoms with Crippen LogP contribution in [0.5, 0.6) is 0 Å². The lowest BCUT2D eigenvalue weighted by Crippen LogP contribution is -2.50. The molecule has 1 saturated heterocycles. The predicted octanol–water partition coefficient (Wildman–Crippen LogP) is 2.49. The monoisotopic (exact) mass is 428 g/mol. The molecule has 1 unspecified atom stereocenters. The van der Waals surface area contributed by atoms with E-state index in [4.69, 9.17) is 9.47 Å². The fraction of sp³-hybridized carbons (Fsp3) is 0.500. The number of ether oxygens (including phenoxy) is 2. The van der Waals surface area contributed by atoms with Gasteiger partial charge in [-0.1, -0.05) is 19.9 Å². The maximum absolute atomic E-state index is 12.8. The normalized spacial score (nSPS) is 16.3. The second-order valence-electron chi connectivity index (χ2n) is 7.62. The van der Waals surface area contributed by atoms with Gasteiger partial charge in [-0.25, -0.2) is 19.3 Å². The number of nitrogens with zero attached hydrogens (tertiary/aromatic N) is 4. The van der Waals surface area contributed by atoms with Crippen LogP contribution in [0, 0.1) is 0 Å². The lowest BCUT2D eigenvalue weighted by molar-refractivity contribution is -0.157. The van der Waals surface area contributed by atoms with Crippen molar-refractivity contribution in [3.8, 4) is 5.82 Å². The molecule has 9 nitrogen and oxygen atoms in total. The predicted molar refractivity (Wildman–Crippen MR) is 112 cm³/mol. The molecular weight excluding hydrogens is 400 g/mol. The quantitative estimate of drug-likeness (QED) is 0.624. The summed E-state index contributed by atoms with van der Waals surface area (Å²) < 4.78 is 12.0. The summed E-state index contributed by atoms with van der Waals surface area (Å²) in [5, 5.41) is 4.30. The lowest BCUT2D eigenvalue weighted by atomic mass is 10.0. The van der Waals surface area contributed by atoms with Gasteiger partial charge in [0.1, 0.15) is 11.6 Å². The summed E-state index contributed by atoms with van der Waals surface area (Å²) in [5.41, 5.74) is 0.938. The topological polar surface area (TPSA) is 104 Å². The van der Waals surface area contributed by atoms with Crippen LogP contribution in [0.1, 0.15) is 62.0 Å². The molecule has 1 aliphatic heterocycles. The number of aromatic nitrogens is 3. The molecule has 2 aromatic rings. The van der Waals surface area contributed by atoms with E-state index in [0.29, 0.717) is 24.5 Å². The molecule has 0 radical (unpaired) electrons. The van der Waals surface area contributed by atoms with Crippen LogP contribution < -0.4 is 0 Å². The number of piperidine rings is 1. The Balaban J connectivity index is 1.71. The number of esters is 2. The molecule has 0 saturated carbocycles. The van der Waals surface area contributed by atoms with Crippen molar-refractivity contribution >= 4 is 17.8 Å². The van der Waals surface area contributed by atoms with Gasteiger partial charge in [0.2, 0.25) is 0 Å². The van der Waals surface area contributed by atoms with Crippen LogP contribution >= 0.6 is 0 Å². The Kier molecular flexibility index (Phi) is 7.38. The van der Waals surface area contributed by atoms with Gasteiger partial charge in [0.25, 0.3) is 5.91 Å². The average Bonchev–Trinajstić information content (AvgIpc) is 3.24. The molecular formula is C22H28N4O5. The number of likely N-dealkylation sites (tertiary alicyclic amines) is 1. The fourth-order valence-corrected chi connectivity index (χ4v) is 3.73. The number of rotatable bonds is 7. The first-order chi connectivity index (χ1) is 14.9. The van der Waals surface area contributed by atoms with E-state index in [1.165, 1.54) is 11.1 Å². The van der Waals surface area contributed by atoms with Gasteiger partial charge in [0.15, 0.2) is 12.4 Å². The van der Waals surface area contributed by atoms with Crippen molar-refractivity contribution in [3.63, 3.8) is 0 Å². The molecule has 1 aliphatic rings. The van der Waals surface area contributed by atoms with E-state index in [-0.39, 0.29) is 18.1 Å². The van der Waals surface area contributed by atoms with E-state index in [9.17, 15) is 14.4 Å². The first kappa shape index (κ1) is 22.5. The molecule has 1 fully saturated rings. The molecule has 3 heterocycles. The third-order valence-electron chi connectivity index (χ3n) is 5.15. The van der Waals surface area contributed by atoms with Crippen molar-refractivity contribution in [2.45, 2.75) is 52.0 Å². The highest BCUT2D eigenvalue weighted by molar-refractivity contribution is 5.93. The Labute approximate surface area is 181 Å². The highest BCUT2D eigenvalue weighted by Crippen LogP contribution is 2.23. The van der Waals surface area contributed by atoms with E-state index in [1.807, 2.05) is 19.9 Å². The lowest BCUT2D eigenvalue weighted by Gasteiger charge is -2.33. The average molecular weight is 428 g/mol. The number of pyridine rings is 1. The smallest absolute Gasteiger partial charge is 0.342 e. The Bertz CT molecular complexity index is 925. The SMILES string of the molecule is CCOC(=O)C1CCCCN1C(=O)COC(=O)c1cnn(-c2ccccn2)c1C(C)C. The van der Waals surface area contributed by atoms with Crippen LogP contribution in [-0.4, -0.2) is 63.3 Å². The van der Waals surface area contributed by atoms with Crippen molar-refractivity contribution in [1.29, 1.82) is 0 Å². The number of hydrogen-bond acceptors (Lipinski definition) is 7. The standard InChI is InChI=1S/C22H28N4O5/c1-4-30-22(29)17-9-6-8-12-25(17)19(27)14-31-21(28)16-13-24-26(20(16)15(2)3)18-10-5-7-11-23-18/h5,7,10-11,13,15,17H,4,6,8-9,12,14H2,1-3H3. The Hall–Kier alpha value is -3.23. The minimum Gasteiger partial charge on any atom is -0.464 e. The summed E-state index contributed by atoms with van der Waals surface area (Å²) >= 11 is 0. The van der Waals surface area contributed by atoms with Crippen molar-refractivity contribution in [2.75, 3.05) is 19.8 Å². The molecule has 0 N–H and O–H groups in total. The molecule has 0 bridgehead atoms. The van der Waals surface area contributed by atoms with Crippen LogP contribution in [0.3, 0.4) is 0 Å². The van der Waals surface area contributed by atoms with Gasteiger partial charge in [0, 0.05) is 12.7 Å². The van der Waals surface area contributed by atoms with Crippen molar-refractivity contribution in [3.05, 3.63) is 41.9 Å². The second-order valence-corrected chi connectivity index (χ2v) is 7.62. The van der Waals surface area contributed by atoms with Crippen LogP contribution in [0.25, 0.3) is 5.82 Å². The van der Waals surface area contributed by atoms with Gasteiger partial charge >= 0.3 is 11.9 Å². The van der Waals surface area contributed by atoms with Crippen LogP contribution in [0.15, 0.2) is 30.6 Å². The number of carbonyl (C=O) groups is 3. The molecule has 9 heteroatoms. The van der Waals surface area contributed by atoms with Crippen molar-refractivity contribution in [1.82, 2.24) is 19.7 Å². The van der Waals surface area contributed by atoms with Crippen molar-refractivity contribution in [2.24, 2.45) is 0 Å². The minimum absolute atomic E-state index is 0.0296. The molecule has 166 valence electrons. The highest BCUT2D eigenvalue weighted by atomic mass is 16.5. The Morgan fingerprint density at radius 3 is 2.68 bits per heavy atom. The number of amides is 1. The van der Waals surface area contributed by atoms with Gasteiger partial charge in [-0.3, -0.25) is 4.79 Å². The molecule has 0 spiro atoms. The summed E-state index contributed by atoms with van der Waals surface area (Å²) in [5.74, 6) is -0.899. The van der Waals surface area contributed by atoms with E-state index < -0.39 is 30.5 Å². The molecule has 0 aliphatic carbocycles. The minimum atomic E-state index is -0.635.